The van der Waals surface area contributed by atoms with Crippen LogP contribution in [0.25, 0.3) is 0 Å². The molecule has 5 heteroatoms. The maximum absolute atomic E-state index is 10.7. The monoisotopic (exact) mass is 244 g/mol. The Morgan fingerprint density at radius 1 is 1.06 bits per heavy atom. The molecule has 0 aromatic carbocycles. The zero-order valence-corrected chi connectivity index (χ0v) is 10.1. The molecule has 1 saturated carbocycles. The number of hydrogen-bond acceptors (Lipinski definition) is 5. The Morgan fingerprint density at radius 2 is 1.76 bits per heavy atom. The molecule has 5 nitrogen and oxygen atoms in total. The van der Waals surface area contributed by atoms with Gasteiger partial charge < -0.3 is 24.4 Å². The van der Waals surface area contributed by atoms with Gasteiger partial charge in [0, 0.05) is 19.3 Å². The molecule has 2 aliphatic heterocycles. The van der Waals surface area contributed by atoms with E-state index in [4.69, 9.17) is 14.2 Å². The molecule has 3 aliphatic rings. The third kappa shape index (κ3) is 1.72. The van der Waals surface area contributed by atoms with Gasteiger partial charge in [-0.25, -0.2) is 0 Å². The van der Waals surface area contributed by atoms with Crippen LogP contribution >= 0.6 is 0 Å². The van der Waals surface area contributed by atoms with E-state index >= 15 is 0 Å². The average Bonchev–Trinajstić information content (AvgIpc) is 2.70. The summed E-state index contributed by atoms with van der Waals surface area (Å²) in [6.07, 6.45) is 2.48. The third-order valence-electron chi connectivity index (χ3n) is 4.31. The summed E-state index contributed by atoms with van der Waals surface area (Å²) in [4.78, 5) is 0. The summed E-state index contributed by atoms with van der Waals surface area (Å²) in [5.41, 5.74) is -1.25. The molecule has 1 aliphatic carbocycles. The van der Waals surface area contributed by atoms with Crippen molar-refractivity contribution in [3.8, 4) is 0 Å². The molecule has 3 rings (SSSR count). The van der Waals surface area contributed by atoms with E-state index in [1.165, 1.54) is 0 Å². The third-order valence-corrected chi connectivity index (χ3v) is 4.31. The fourth-order valence-electron chi connectivity index (χ4n) is 3.29. The molecular formula is C12H20O5. The summed E-state index contributed by atoms with van der Waals surface area (Å²) < 4.78 is 16.8. The molecule has 17 heavy (non-hydrogen) atoms. The van der Waals surface area contributed by atoms with Crippen molar-refractivity contribution in [3.63, 3.8) is 0 Å². The van der Waals surface area contributed by atoms with Gasteiger partial charge in [-0.1, -0.05) is 0 Å². The van der Waals surface area contributed by atoms with E-state index in [-0.39, 0.29) is 6.10 Å². The van der Waals surface area contributed by atoms with Gasteiger partial charge in [-0.3, -0.25) is 0 Å². The molecule has 3 fully saturated rings. The van der Waals surface area contributed by atoms with Gasteiger partial charge in [0.05, 0.1) is 19.3 Å². The Hall–Kier alpha value is -0.200. The highest BCUT2D eigenvalue weighted by atomic mass is 16.7. The van der Waals surface area contributed by atoms with Crippen molar-refractivity contribution >= 4 is 0 Å². The number of fused-ring (bicyclic) bond motifs is 1. The summed E-state index contributed by atoms with van der Waals surface area (Å²) in [6.45, 7) is 3.04. The minimum Gasteiger partial charge on any atom is -0.384 e. The van der Waals surface area contributed by atoms with Crippen molar-refractivity contribution in [1.82, 2.24) is 0 Å². The predicted molar refractivity (Wildman–Crippen MR) is 58.2 cm³/mol. The Bertz CT molecular complexity index is 314. The molecule has 3 unspecified atom stereocenters. The van der Waals surface area contributed by atoms with Gasteiger partial charge in [0.15, 0.2) is 11.6 Å². The van der Waals surface area contributed by atoms with E-state index in [1.807, 2.05) is 6.92 Å². The summed E-state index contributed by atoms with van der Waals surface area (Å²) in [7, 11) is 0. The summed E-state index contributed by atoms with van der Waals surface area (Å²) >= 11 is 0. The molecule has 0 amide bonds. The minimum absolute atomic E-state index is 0.0141. The molecule has 0 aromatic rings. The molecule has 2 saturated heterocycles. The highest BCUT2D eigenvalue weighted by molar-refractivity contribution is 5.05. The number of hydrogen-bond donors (Lipinski definition) is 2. The van der Waals surface area contributed by atoms with E-state index in [2.05, 4.69) is 0 Å². The van der Waals surface area contributed by atoms with Crippen LogP contribution in [0.2, 0.25) is 0 Å². The zero-order chi connectivity index (χ0) is 12.1. The van der Waals surface area contributed by atoms with Crippen LogP contribution < -0.4 is 0 Å². The van der Waals surface area contributed by atoms with Crippen LogP contribution in [0.1, 0.15) is 39.0 Å². The van der Waals surface area contributed by atoms with Gasteiger partial charge >= 0.3 is 0 Å². The van der Waals surface area contributed by atoms with Crippen molar-refractivity contribution in [2.45, 2.75) is 62.3 Å². The van der Waals surface area contributed by atoms with Crippen LogP contribution in [-0.2, 0) is 14.2 Å². The topological polar surface area (TPSA) is 68.2 Å². The maximum Gasteiger partial charge on any atom is 0.195 e. The van der Waals surface area contributed by atoms with E-state index in [1.54, 1.807) is 0 Å². The van der Waals surface area contributed by atoms with Crippen LogP contribution in [0, 0.1) is 0 Å². The van der Waals surface area contributed by atoms with Crippen LogP contribution in [0.5, 0.6) is 0 Å². The first kappa shape index (κ1) is 11.9. The zero-order valence-electron chi connectivity index (χ0n) is 10.1. The van der Waals surface area contributed by atoms with E-state index in [0.717, 1.165) is 6.42 Å². The second-order valence-electron chi connectivity index (χ2n) is 5.57. The fraction of sp³-hybridized carbons (Fsp3) is 1.00. The normalized spacial score (nSPS) is 49.2. The number of rotatable bonds is 0. The van der Waals surface area contributed by atoms with Crippen LogP contribution in [0.15, 0.2) is 0 Å². The highest BCUT2D eigenvalue weighted by Crippen LogP contribution is 2.51. The van der Waals surface area contributed by atoms with E-state index in [9.17, 15) is 10.2 Å². The van der Waals surface area contributed by atoms with Crippen molar-refractivity contribution in [2.24, 2.45) is 0 Å². The molecule has 2 N–H and O–H groups in total. The average molecular weight is 244 g/mol. The van der Waals surface area contributed by atoms with Crippen LogP contribution in [0.3, 0.4) is 0 Å². The predicted octanol–water partition coefficient (Wildman–Crippen LogP) is 0.532. The highest BCUT2D eigenvalue weighted by Gasteiger charge is 2.62. The molecule has 98 valence electrons. The molecule has 0 radical (unpaired) electrons. The van der Waals surface area contributed by atoms with Crippen molar-refractivity contribution in [2.75, 3.05) is 13.2 Å². The van der Waals surface area contributed by atoms with Crippen LogP contribution in [0.4, 0.5) is 0 Å². The molecular weight excluding hydrogens is 224 g/mol. The second-order valence-corrected chi connectivity index (χ2v) is 5.57. The van der Waals surface area contributed by atoms with Crippen molar-refractivity contribution in [3.05, 3.63) is 0 Å². The lowest BCUT2D eigenvalue weighted by atomic mass is 9.71. The fourth-order valence-corrected chi connectivity index (χ4v) is 3.29. The molecule has 1 spiro atoms. The van der Waals surface area contributed by atoms with Gasteiger partial charge in [-0.15, -0.1) is 0 Å². The Kier molecular flexibility index (Phi) is 2.55. The Labute approximate surface area is 101 Å². The van der Waals surface area contributed by atoms with E-state index in [0.29, 0.717) is 38.9 Å². The van der Waals surface area contributed by atoms with Gasteiger partial charge in [0.25, 0.3) is 0 Å². The van der Waals surface area contributed by atoms with Gasteiger partial charge in [0.1, 0.15) is 5.60 Å². The van der Waals surface area contributed by atoms with Gasteiger partial charge in [0.2, 0.25) is 0 Å². The van der Waals surface area contributed by atoms with Crippen LogP contribution in [-0.4, -0.2) is 46.7 Å². The first-order chi connectivity index (χ1) is 7.97. The second kappa shape index (κ2) is 3.65. The Balaban J connectivity index is 1.85. The minimum atomic E-state index is -1.44. The lowest BCUT2D eigenvalue weighted by Crippen LogP contribution is -2.66. The summed E-state index contributed by atoms with van der Waals surface area (Å²) in [6, 6.07) is 0. The quantitative estimate of drug-likeness (QED) is 0.650. The molecule has 0 aromatic heterocycles. The lowest BCUT2D eigenvalue weighted by molar-refractivity contribution is -0.382. The largest absolute Gasteiger partial charge is 0.384 e. The van der Waals surface area contributed by atoms with Crippen molar-refractivity contribution < 1.29 is 24.4 Å². The first-order valence-corrected chi connectivity index (χ1v) is 6.38. The Morgan fingerprint density at radius 3 is 2.47 bits per heavy atom. The van der Waals surface area contributed by atoms with Gasteiger partial charge in [-0.05, 0) is 19.8 Å². The molecule has 0 bridgehead atoms. The molecule has 3 atom stereocenters. The summed E-state index contributed by atoms with van der Waals surface area (Å²) in [5, 5.41) is 21.1. The SMILES string of the molecule is CC1CCC2(O)CC3(CCC2(O)O1)OCCO3. The van der Waals surface area contributed by atoms with E-state index < -0.39 is 17.2 Å². The molecule has 2 heterocycles. The summed E-state index contributed by atoms with van der Waals surface area (Å²) in [5.74, 6) is -2.14. The number of ether oxygens (including phenoxy) is 3. The van der Waals surface area contributed by atoms with Gasteiger partial charge in [-0.2, -0.15) is 0 Å². The lowest BCUT2D eigenvalue weighted by Gasteiger charge is -2.54. The standard InChI is InChI=1S/C12H20O5/c1-9-2-3-10(13)8-11(15-6-7-16-11)4-5-12(10,14)17-9/h9,13-14H,2-8H2,1H3. The first-order valence-electron chi connectivity index (χ1n) is 6.38. The smallest absolute Gasteiger partial charge is 0.195 e. The van der Waals surface area contributed by atoms with Crippen molar-refractivity contribution in [1.29, 1.82) is 0 Å². The number of aliphatic hydroxyl groups is 2. The maximum atomic E-state index is 10.7.